The van der Waals surface area contributed by atoms with Gasteiger partial charge in [0.2, 0.25) is 41.4 Å². The third-order valence-electron chi connectivity index (χ3n) is 10.1. The van der Waals surface area contributed by atoms with Gasteiger partial charge in [-0.2, -0.15) is 0 Å². The standard InChI is InChI=1S/C43H77N7O9/c1-15-16-17-27(10)21-34(51)49-35-30(13)59-41(57)29(12)45-42(58)43(14,22-26(8)9)50-39(55)33(20-25(6)7)48-38(54)32(19-24(4)5)47-37(53)31(18-23(2)3)46-36(52)28(11)44-40(35)56/h23-33,35H,15-22H2,1-14H3,(H,44,56)(H,45,58)(H,46,52)(H,47,53)(H,48,54)(H,49,51)(H,50,55)/t27?,28-,29-,30+,31?,32?,33?,35-,43?/m0/s1. The molecule has 0 saturated carbocycles. The maximum absolute atomic E-state index is 14.1. The van der Waals surface area contributed by atoms with Crippen molar-refractivity contribution in [2.45, 2.75) is 196 Å². The van der Waals surface area contributed by atoms with Gasteiger partial charge in [0, 0.05) is 6.42 Å². The van der Waals surface area contributed by atoms with Crippen molar-refractivity contribution in [3.8, 4) is 0 Å². The summed E-state index contributed by atoms with van der Waals surface area (Å²) in [6.07, 6.45) is 2.31. The molecule has 1 fully saturated rings. The van der Waals surface area contributed by atoms with Crippen molar-refractivity contribution in [2.24, 2.45) is 29.6 Å². The molecule has 0 spiro atoms. The predicted molar refractivity (Wildman–Crippen MR) is 226 cm³/mol. The number of hydrogen-bond acceptors (Lipinski definition) is 9. The van der Waals surface area contributed by atoms with Crippen molar-refractivity contribution in [1.82, 2.24) is 37.2 Å². The maximum atomic E-state index is 14.1. The topological polar surface area (TPSA) is 230 Å². The predicted octanol–water partition coefficient (Wildman–Crippen LogP) is 3.16. The van der Waals surface area contributed by atoms with Crippen molar-refractivity contribution < 1.29 is 43.1 Å². The number of hydrogen-bond donors (Lipinski definition) is 7. The Bertz CT molecular complexity index is 1450. The van der Waals surface area contributed by atoms with Gasteiger partial charge in [0.15, 0.2) is 0 Å². The van der Waals surface area contributed by atoms with Gasteiger partial charge in [0.1, 0.15) is 47.9 Å². The van der Waals surface area contributed by atoms with Gasteiger partial charge in [0.05, 0.1) is 0 Å². The second kappa shape index (κ2) is 24.7. The molecule has 7 N–H and O–H groups in total. The molecule has 0 bridgehead atoms. The number of unbranched alkanes of at least 4 members (excludes halogenated alkanes) is 1. The van der Waals surface area contributed by atoms with E-state index in [0.29, 0.717) is 0 Å². The van der Waals surface area contributed by atoms with Crippen LogP contribution in [0.3, 0.4) is 0 Å². The van der Waals surface area contributed by atoms with Crippen LogP contribution in [0.15, 0.2) is 0 Å². The fraction of sp³-hybridized carbons (Fsp3) is 0.814. The molecule has 5 unspecified atom stereocenters. The Morgan fingerprint density at radius 1 is 0.644 bits per heavy atom. The summed E-state index contributed by atoms with van der Waals surface area (Å²) in [5.41, 5.74) is -1.54. The van der Waals surface area contributed by atoms with Gasteiger partial charge in [-0.25, -0.2) is 4.79 Å². The van der Waals surface area contributed by atoms with Crippen molar-refractivity contribution in [1.29, 1.82) is 0 Å². The first-order valence-corrected chi connectivity index (χ1v) is 21.6. The molecule has 7 amide bonds. The molecule has 1 heterocycles. The number of ether oxygens (including phenoxy) is 1. The summed E-state index contributed by atoms with van der Waals surface area (Å²) in [6.45, 7) is 24.8. The Labute approximate surface area is 352 Å². The summed E-state index contributed by atoms with van der Waals surface area (Å²) >= 11 is 0. The molecule has 338 valence electrons. The fourth-order valence-electron chi connectivity index (χ4n) is 7.06. The summed E-state index contributed by atoms with van der Waals surface area (Å²) in [5.74, 6) is -5.71. The van der Waals surface area contributed by atoms with Crippen LogP contribution in [0.1, 0.15) is 148 Å². The Hall–Kier alpha value is -4.24. The first-order chi connectivity index (χ1) is 27.3. The molecule has 1 rings (SSSR count). The fourth-order valence-corrected chi connectivity index (χ4v) is 7.06. The zero-order valence-corrected chi connectivity index (χ0v) is 38.3. The minimum absolute atomic E-state index is 0.00772. The lowest BCUT2D eigenvalue weighted by Crippen LogP contribution is -2.64. The van der Waals surface area contributed by atoms with E-state index in [1.165, 1.54) is 27.7 Å². The van der Waals surface area contributed by atoms with Crippen molar-refractivity contribution in [2.75, 3.05) is 0 Å². The second-order valence-electron chi connectivity index (χ2n) is 18.6. The van der Waals surface area contributed by atoms with E-state index in [9.17, 15) is 38.4 Å². The van der Waals surface area contributed by atoms with E-state index in [1.54, 1.807) is 0 Å². The molecule has 16 heteroatoms. The zero-order valence-electron chi connectivity index (χ0n) is 38.3. The smallest absolute Gasteiger partial charge is 0.328 e. The lowest BCUT2D eigenvalue weighted by Gasteiger charge is -2.34. The minimum Gasteiger partial charge on any atom is -0.458 e. The van der Waals surface area contributed by atoms with Gasteiger partial charge >= 0.3 is 5.97 Å². The third kappa shape index (κ3) is 18.7. The van der Waals surface area contributed by atoms with Gasteiger partial charge in [-0.15, -0.1) is 0 Å². The second-order valence-corrected chi connectivity index (χ2v) is 18.6. The molecule has 0 aromatic carbocycles. The van der Waals surface area contributed by atoms with E-state index in [4.69, 9.17) is 4.74 Å². The molecule has 1 aliphatic rings. The largest absolute Gasteiger partial charge is 0.458 e. The van der Waals surface area contributed by atoms with E-state index < -0.39 is 95.2 Å². The quantitative estimate of drug-likeness (QED) is 0.127. The average Bonchev–Trinajstić information content (AvgIpc) is 3.10. The monoisotopic (exact) mass is 836 g/mol. The van der Waals surface area contributed by atoms with Crippen molar-refractivity contribution in [3.05, 3.63) is 0 Å². The lowest BCUT2D eigenvalue weighted by atomic mass is 9.88. The third-order valence-corrected chi connectivity index (χ3v) is 10.1. The highest BCUT2D eigenvalue weighted by Gasteiger charge is 2.41. The van der Waals surface area contributed by atoms with E-state index in [2.05, 4.69) is 37.2 Å². The van der Waals surface area contributed by atoms with Crippen LogP contribution in [-0.4, -0.2) is 95.2 Å². The summed E-state index contributed by atoms with van der Waals surface area (Å²) in [6, 6.07) is -7.18. The summed E-state index contributed by atoms with van der Waals surface area (Å²) in [4.78, 5) is 110. The van der Waals surface area contributed by atoms with Crippen LogP contribution in [0, 0.1) is 29.6 Å². The number of nitrogens with one attached hydrogen (secondary N) is 7. The molecular formula is C43H77N7O9. The highest BCUT2D eigenvalue weighted by molar-refractivity contribution is 5.98. The number of cyclic esters (lactones) is 1. The Morgan fingerprint density at radius 3 is 1.58 bits per heavy atom. The van der Waals surface area contributed by atoms with Crippen LogP contribution in [-0.2, 0) is 43.1 Å². The minimum atomic E-state index is -1.54. The number of carbonyl (C=O) groups excluding carboxylic acids is 8. The summed E-state index contributed by atoms with van der Waals surface area (Å²) in [5, 5.41) is 19.1. The van der Waals surface area contributed by atoms with Crippen LogP contribution in [0.2, 0.25) is 0 Å². The number of esters is 1. The molecular weight excluding hydrogens is 759 g/mol. The van der Waals surface area contributed by atoms with Crippen LogP contribution in [0.25, 0.3) is 0 Å². The molecule has 1 aliphatic heterocycles. The van der Waals surface area contributed by atoms with Gasteiger partial charge in [-0.05, 0) is 83.0 Å². The molecule has 0 aromatic rings. The van der Waals surface area contributed by atoms with Gasteiger partial charge < -0.3 is 42.0 Å². The lowest BCUT2D eigenvalue weighted by molar-refractivity contribution is -0.156. The molecule has 9 atom stereocenters. The first-order valence-electron chi connectivity index (χ1n) is 21.6. The molecule has 0 aliphatic carbocycles. The van der Waals surface area contributed by atoms with Crippen molar-refractivity contribution >= 4 is 47.3 Å². The van der Waals surface area contributed by atoms with Gasteiger partial charge in [-0.1, -0.05) is 88.5 Å². The summed E-state index contributed by atoms with van der Waals surface area (Å²) < 4.78 is 5.68. The maximum Gasteiger partial charge on any atom is 0.328 e. The SMILES string of the molecule is CCCCC(C)CC(=O)N[C@@H]1C(=O)N[C@@H](C)C(=O)NC(CC(C)C)C(=O)NC(CC(C)C)C(=O)NC(CC(C)C)C(=O)NC(C)(CC(C)C)C(=O)N[C@@H](C)C(=O)O[C@@H]1C. The van der Waals surface area contributed by atoms with Gasteiger partial charge in [0.25, 0.3) is 0 Å². The Morgan fingerprint density at radius 2 is 1.12 bits per heavy atom. The first kappa shape index (κ1) is 52.8. The van der Waals surface area contributed by atoms with Crippen LogP contribution < -0.4 is 37.2 Å². The molecule has 59 heavy (non-hydrogen) atoms. The van der Waals surface area contributed by atoms with Gasteiger partial charge in [-0.3, -0.25) is 33.6 Å². The summed E-state index contributed by atoms with van der Waals surface area (Å²) in [7, 11) is 0. The van der Waals surface area contributed by atoms with Crippen molar-refractivity contribution in [3.63, 3.8) is 0 Å². The average molecular weight is 836 g/mol. The van der Waals surface area contributed by atoms with E-state index in [-0.39, 0.29) is 61.7 Å². The zero-order chi connectivity index (χ0) is 45.4. The Kier molecular flexibility index (Phi) is 22.1. The highest BCUT2D eigenvalue weighted by atomic mass is 16.5. The van der Waals surface area contributed by atoms with E-state index >= 15 is 0 Å². The molecule has 16 nitrogen and oxygen atoms in total. The number of amides is 7. The van der Waals surface area contributed by atoms with E-state index in [1.807, 2.05) is 69.2 Å². The highest BCUT2D eigenvalue weighted by Crippen LogP contribution is 2.20. The van der Waals surface area contributed by atoms with Crippen LogP contribution in [0.5, 0.6) is 0 Å². The van der Waals surface area contributed by atoms with Crippen LogP contribution in [0.4, 0.5) is 0 Å². The normalized spacial score (nSPS) is 28.0. The Balaban J connectivity index is 3.82. The molecule has 0 aromatic heterocycles. The van der Waals surface area contributed by atoms with Crippen LogP contribution >= 0.6 is 0 Å². The number of carbonyl (C=O) groups is 8. The van der Waals surface area contributed by atoms with E-state index in [0.717, 1.165) is 19.3 Å². The molecule has 1 saturated heterocycles. The molecule has 0 radical (unpaired) electrons. The number of rotatable bonds is 14.